The van der Waals surface area contributed by atoms with Crippen molar-refractivity contribution in [3.8, 4) is 6.07 Å². The van der Waals surface area contributed by atoms with Gasteiger partial charge in [-0.1, -0.05) is 57.0 Å². The molecule has 0 heterocycles. The van der Waals surface area contributed by atoms with Crippen LogP contribution in [-0.4, -0.2) is 19.1 Å². The van der Waals surface area contributed by atoms with Gasteiger partial charge < -0.3 is 15.5 Å². The molecule has 0 unspecified atom stereocenters. The summed E-state index contributed by atoms with van der Waals surface area (Å²) in [5.41, 5.74) is 3.75. The number of nitrogens with one attached hydrogen (secondary N) is 2. The lowest BCUT2D eigenvalue weighted by Gasteiger charge is -2.30. The Kier molecular flexibility index (Phi) is 9.43. The summed E-state index contributed by atoms with van der Waals surface area (Å²) in [6.45, 7) is 12.3. The van der Waals surface area contributed by atoms with Gasteiger partial charge in [-0.3, -0.25) is 0 Å². The van der Waals surface area contributed by atoms with Crippen LogP contribution in [0.4, 0.5) is 21.9 Å². The number of benzene rings is 2. The average molecular weight is 473 g/mol. The van der Waals surface area contributed by atoms with Crippen LogP contribution in [0, 0.1) is 23.2 Å². The van der Waals surface area contributed by atoms with Crippen molar-refractivity contribution in [2.24, 2.45) is 11.8 Å². The minimum absolute atomic E-state index is 0.357. The summed E-state index contributed by atoms with van der Waals surface area (Å²) in [4.78, 5) is 15.1. The quantitative estimate of drug-likeness (QED) is 0.386. The summed E-state index contributed by atoms with van der Waals surface area (Å²) in [6.07, 6.45) is 1.49. The number of anilines is 3. The molecule has 0 aliphatic carbocycles. The SMILES string of the molecule is C/C(=C\C#N)c1ccc(N(CC(C)C)CC(C)C)c(NC(=O)Nc2ccc(Cl)cc2Cl)c1. The van der Waals surface area contributed by atoms with Crippen molar-refractivity contribution in [3.05, 3.63) is 58.1 Å². The van der Waals surface area contributed by atoms with Crippen LogP contribution in [0.1, 0.15) is 40.2 Å². The first-order chi connectivity index (χ1) is 15.1. The summed E-state index contributed by atoms with van der Waals surface area (Å²) < 4.78 is 0. The fourth-order valence-corrected chi connectivity index (χ4v) is 3.81. The molecule has 170 valence electrons. The summed E-state index contributed by atoms with van der Waals surface area (Å²) in [5.74, 6) is 0.895. The molecule has 0 radical (unpaired) electrons. The maximum absolute atomic E-state index is 12.8. The van der Waals surface area contributed by atoms with Gasteiger partial charge in [0.1, 0.15) is 0 Å². The number of carbonyl (C=O) groups excluding carboxylic acids is 1. The molecule has 5 nitrogen and oxygen atoms in total. The third kappa shape index (κ3) is 7.47. The van der Waals surface area contributed by atoms with Gasteiger partial charge in [0.15, 0.2) is 0 Å². The lowest BCUT2D eigenvalue weighted by Crippen LogP contribution is -2.32. The molecule has 0 aliphatic rings. The minimum atomic E-state index is -0.413. The maximum Gasteiger partial charge on any atom is 0.323 e. The number of nitrogens with zero attached hydrogens (tertiary/aromatic N) is 2. The van der Waals surface area contributed by atoms with Crippen molar-refractivity contribution >= 4 is 51.9 Å². The zero-order valence-corrected chi connectivity index (χ0v) is 20.7. The van der Waals surface area contributed by atoms with Crippen molar-refractivity contribution in [3.63, 3.8) is 0 Å². The van der Waals surface area contributed by atoms with Crippen LogP contribution < -0.4 is 15.5 Å². The van der Waals surface area contributed by atoms with Crippen molar-refractivity contribution in [1.82, 2.24) is 0 Å². The monoisotopic (exact) mass is 472 g/mol. The molecule has 2 aromatic carbocycles. The predicted molar refractivity (Wildman–Crippen MR) is 137 cm³/mol. The molecule has 0 aliphatic heterocycles. The van der Waals surface area contributed by atoms with Gasteiger partial charge in [0, 0.05) is 24.2 Å². The van der Waals surface area contributed by atoms with E-state index in [1.165, 1.54) is 6.08 Å². The summed E-state index contributed by atoms with van der Waals surface area (Å²) in [5, 5.41) is 15.6. The van der Waals surface area contributed by atoms with Gasteiger partial charge >= 0.3 is 6.03 Å². The topological polar surface area (TPSA) is 68.2 Å². The number of amides is 2. The molecule has 2 rings (SSSR count). The van der Waals surface area contributed by atoms with E-state index in [4.69, 9.17) is 28.5 Å². The molecule has 0 bridgehead atoms. The largest absolute Gasteiger partial charge is 0.369 e. The predicted octanol–water partition coefficient (Wildman–Crippen LogP) is 7.68. The second-order valence-electron chi connectivity index (χ2n) is 8.58. The highest BCUT2D eigenvalue weighted by atomic mass is 35.5. The lowest BCUT2D eigenvalue weighted by atomic mass is 10.0. The molecule has 0 saturated heterocycles. The molecule has 0 saturated carbocycles. The molecular formula is C25H30Cl2N4O. The van der Waals surface area contributed by atoms with Crippen molar-refractivity contribution in [2.45, 2.75) is 34.6 Å². The van der Waals surface area contributed by atoms with Crippen LogP contribution in [0.15, 0.2) is 42.5 Å². The molecule has 2 amide bonds. The van der Waals surface area contributed by atoms with E-state index in [9.17, 15) is 4.79 Å². The first kappa shape index (κ1) is 25.6. The average Bonchev–Trinajstić information content (AvgIpc) is 2.69. The fraction of sp³-hybridized carbons (Fsp3) is 0.360. The number of rotatable bonds is 8. The Hall–Kier alpha value is -2.68. The van der Waals surface area contributed by atoms with E-state index in [0.29, 0.717) is 33.3 Å². The molecule has 2 aromatic rings. The third-order valence-electron chi connectivity index (χ3n) is 4.67. The van der Waals surface area contributed by atoms with E-state index in [0.717, 1.165) is 29.9 Å². The third-order valence-corrected chi connectivity index (χ3v) is 5.22. The Labute approximate surface area is 201 Å². The molecule has 0 spiro atoms. The second kappa shape index (κ2) is 11.8. The molecule has 0 fully saturated rings. The zero-order chi connectivity index (χ0) is 23.8. The van der Waals surface area contributed by atoms with Crippen LogP contribution >= 0.6 is 23.2 Å². The molecular weight excluding hydrogens is 443 g/mol. The highest BCUT2D eigenvalue weighted by molar-refractivity contribution is 6.36. The van der Waals surface area contributed by atoms with Crippen LogP contribution in [0.5, 0.6) is 0 Å². The van der Waals surface area contributed by atoms with E-state index in [1.807, 2.05) is 25.1 Å². The van der Waals surface area contributed by atoms with Gasteiger partial charge in [-0.15, -0.1) is 0 Å². The Morgan fingerprint density at radius 1 is 1.03 bits per heavy atom. The highest BCUT2D eigenvalue weighted by Crippen LogP contribution is 2.32. The van der Waals surface area contributed by atoms with Gasteiger partial charge in [-0.25, -0.2) is 4.79 Å². The van der Waals surface area contributed by atoms with Crippen LogP contribution in [0.2, 0.25) is 10.0 Å². The lowest BCUT2D eigenvalue weighted by molar-refractivity contribution is 0.262. The molecule has 0 atom stereocenters. The van der Waals surface area contributed by atoms with E-state index in [2.05, 4.69) is 49.3 Å². The number of hydrogen-bond donors (Lipinski definition) is 2. The number of nitriles is 1. The standard InChI is InChI=1S/C25H30Cl2N4O/c1-16(2)14-31(15-17(3)4)24-9-6-19(18(5)10-11-28)12-23(24)30-25(32)29-22-8-7-20(26)13-21(22)27/h6-10,12-13,16-17H,14-15H2,1-5H3,(H2,29,30,32)/b18-10+. The van der Waals surface area contributed by atoms with E-state index in [1.54, 1.807) is 18.2 Å². The Morgan fingerprint density at radius 2 is 1.66 bits per heavy atom. The smallest absolute Gasteiger partial charge is 0.323 e. The highest BCUT2D eigenvalue weighted by Gasteiger charge is 2.17. The molecule has 7 heteroatoms. The maximum atomic E-state index is 12.8. The first-order valence-electron chi connectivity index (χ1n) is 10.6. The van der Waals surface area contributed by atoms with Gasteiger partial charge in [0.25, 0.3) is 0 Å². The van der Waals surface area contributed by atoms with E-state index in [-0.39, 0.29) is 0 Å². The number of halogens is 2. The van der Waals surface area contributed by atoms with Gasteiger partial charge in [-0.2, -0.15) is 5.26 Å². The molecule has 32 heavy (non-hydrogen) atoms. The summed E-state index contributed by atoms with van der Waals surface area (Å²) in [7, 11) is 0. The Bertz CT molecular complexity index is 1020. The first-order valence-corrected chi connectivity index (χ1v) is 11.3. The Balaban J connectivity index is 2.42. The minimum Gasteiger partial charge on any atom is -0.369 e. The van der Waals surface area contributed by atoms with Crippen LogP contribution in [-0.2, 0) is 0 Å². The number of carbonyl (C=O) groups is 1. The van der Waals surface area contributed by atoms with Gasteiger partial charge in [-0.05, 0) is 60.2 Å². The summed E-state index contributed by atoms with van der Waals surface area (Å²) >= 11 is 12.1. The number of hydrogen-bond acceptors (Lipinski definition) is 3. The Morgan fingerprint density at radius 3 is 2.22 bits per heavy atom. The van der Waals surface area contributed by atoms with Crippen molar-refractivity contribution in [1.29, 1.82) is 5.26 Å². The second-order valence-corrected chi connectivity index (χ2v) is 9.43. The van der Waals surface area contributed by atoms with Crippen LogP contribution in [0.25, 0.3) is 5.57 Å². The number of urea groups is 1. The fourth-order valence-electron chi connectivity index (χ4n) is 3.36. The number of allylic oxidation sites excluding steroid dienone is 2. The van der Waals surface area contributed by atoms with E-state index < -0.39 is 6.03 Å². The summed E-state index contributed by atoms with van der Waals surface area (Å²) in [6, 6.07) is 12.4. The van der Waals surface area contributed by atoms with Crippen molar-refractivity contribution < 1.29 is 4.79 Å². The normalized spacial score (nSPS) is 11.4. The van der Waals surface area contributed by atoms with E-state index >= 15 is 0 Å². The van der Waals surface area contributed by atoms with Crippen LogP contribution in [0.3, 0.4) is 0 Å². The molecule has 2 N–H and O–H groups in total. The zero-order valence-electron chi connectivity index (χ0n) is 19.2. The molecule has 0 aromatic heterocycles. The van der Waals surface area contributed by atoms with Gasteiger partial charge in [0.2, 0.25) is 0 Å². The van der Waals surface area contributed by atoms with Gasteiger partial charge in [0.05, 0.1) is 28.2 Å². The van der Waals surface area contributed by atoms with Crippen molar-refractivity contribution in [2.75, 3.05) is 28.6 Å².